The van der Waals surface area contributed by atoms with Crippen LogP contribution in [0.3, 0.4) is 0 Å². The molecule has 0 aliphatic carbocycles. The van der Waals surface area contributed by atoms with Gasteiger partial charge in [0.05, 0.1) is 6.04 Å². The maximum atomic E-state index is 8.87. The molecule has 3 nitrogen and oxygen atoms in total. The first kappa shape index (κ1) is 18.8. The van der Waals surface area contributed by atoms with Gasteiger partial charge in [-0.15, -0.1) is 0 Å². The van der Waals surface area contributed by atoms with Crippen LogP contribution < -0.4 is 9.80 Å². The zero-order valence-corrected chi connectivity index (χ0v) is 16.4. The van der Waals surface area contributed by atoms with Crippen molar-refractivity contribution in [3.8, 4) is 0 Å². The van der Waals surface area contributed by atoms with Crippen molar-refractivity contribution in [3.63, 3.8) is 0 Å². The Labute approximate surface area is 158 Å². The highest BCUT2D eigenvalue weighted by molar-refractivity contribution is 5.62. The number of aliphatic hydroxyl groups is 1. The lowest BCUT2D eigenvalue weighted by atomic mass is 9.99. The van der Waals surface area contributed by atoms with Crippen molar-refractivity contribution in [1.29, 1.82) is 0 Å². The maximum absolute atomic E-state index is 8.87. The van der Waals surface area contributed by atoms with E-state index in [0.29, 0.717) is 12.6 Å². The zero-order valence-electron chi connectivity index (χ0n) is 16.4. The van der Waals surface area contributed by atoms with Gasteiger partial charge in [-0.05, 0) is 60.6 Å². The lowest BCUT2D eigenvalue weighted by Gasteiger charge is -2.24. The van der Waals surface area contributed by atoms with E-state index in [-0.39, 0.29) is 0 Å². The van der Waals surface area contributed by atoms with Crippen LogP contribution in [0.1, 0.15) is 48.4 Å². The van der Waals surface area contributed by atoms with Gasteiger partial charge in [0.25, 0.3) is 0 Å². The molecule has 1 atom stereocenters. The number of anilines is 2. The van der Waals surface area contributed by atoms with E-state index in [0.717, 1.165) is 25.7 Å². The number of likely N-dealkylation sites (N-methyl/N-ethyl adjacent to an activating group) is 1. The van der Waals surface area contributed by atoms with Gasteiger partial charge in [-0.3, -0.25) is 0 Å². The Hall–Kier alpha value is -2.00. The third kappa shape index (κ3) is 4.21. The minimum atomic E-state index is 0.322. The molecular weight excluding hydrogens is 320 g/mol. The Morgan fingerprint density at radius 1 is 1.00 bits per heavy atom. The molecule has 2 aromatic rings. The number of benzene rings is 2. The molecule has 1 N–H and O–H groups in total. The zero-order chi connectivity index (χ0) is 18.5. The summed E-state index contributed by atoms with van der Waals surface area (Å²) in [6.45, 7) is 0.322. The summed E-state index contributed by atoms with van der Waals surface area (Å²) in [7, 11) is 6.38. The lowest BCUT2D eigenvalue weighted by Crippen LogP contribution is -2.19. The van der Waals surface area contributed by atoms with E-state index in [4.69, 9.17) is 5.11 Å². The van der Waals surface area contributed by atoms with Gasteiger partial charge < -0.3 is 14.9 Å². The maximum Gasteiger partial charge on any atom is 0.0580 e. The highest BCUT2D eigenvalue weighted by Crippen LogP contribution is 2.40. The van der Waals surface area contributed by atoms with E-state index < -0.39 is 0 Å². The van der Waals surface area contributed by atoms with Crippen molar-refractivity contribution in [2.45, 2.75) is 44.6 Å². The molecule has 0 saturated carbocycles. The van der Waals surface area contributed by atoms with Gasteiger partial charge in [-0.2, -0.15) is 0 Å². The molecule has 3 heteroatoms. The summed E-state index contributed by atoms with van der Waals surface area (Å²) >= 11 is 0. The summed E-state index contributed by atoms with van der Waals surface area (Å²) < 4.78 is 0. The second kappa shape index (κ2) is 8.59. The average molecular weight is 353 g/mol. The van der Waals surface area contributed by atoms with Gasteiger partial charge in [0.1, 0.15) is 0 Å². The van der Waals surface area contributed by atoms with Gasteiger partial charge in [-0.25, -0.2) is 0 Å². The summed E-state index contributed by atoms with van der Waals surface area (Å²) in [4.78, 5) is 4.56. The quantitative estimate of drug-likeness (QED) is 0.704. The molecule has 140 valence electrons. The molecule has 0 aromatic heterocycles. The minimum Gasteiger partial charge on any atom is -0.396 e. The Morgan fingerprint density at radius 2 is 1.73 bits per heavy atom. The van der Waals surface area contributed by atoms with Crippen LogP contribution in [0.4, 0.5) is 11.4 Å². The fourth-order valence-corrected chi connectivity index (χ4v) is 3.95. The number of rotatable bonds is 8. The number of aliphatic hydroxyl groups excluding tert-OH is 1. The number of hydrogen-bond donors (Lipinski definition) is 1. The third-order valence-corrected chi connectivity index (χ3v) is 5.57. The molecule has 0 fully saturated rings. The van der Waals surface area contributed by atoms with Crippen LogP contribution in [0.2, 0.25) is 0 Å². The van der Waals surface area contributed by atoms with Crippen molar-refractivity contribution in [2.24, 2.45) is 0 Å². The molecule has 0 saturated heterocycles. The highest BCUT2D eigenvalue weighted by Gasteiger charge is 2.27. The van der Waals surface area contributed by atoms with Crippen LogP contribution >= 0.6 is 0 Å². The molecule has 1 aliphatic rings. The average Bonchev–Trinajstić information content (AvgIpc) is 2.98. The van der Waals surface area contributed by atoms with Gasteiger partial charge >= 0.3 is 0 Å². The number of hydrogen-bond acceptors (Lipinski definition) is 3. The predicted molar refractivity (Wildman–Crippen MR) is 111 cm³/mol. The molecule has 2 aromatic carbocycles. The summed E-state index contributed by atoms with van der Waals surface area (Å²) in [5.41, 5.74) is 6.93. The van der Waals surface area contributed by atoms with E-state index in [9.17, 15) is 0 Å². The van der Waals surface area contributed by atoms with Crippen LogP contribution in [0.15, 0.2) is 42.5 Å². The van der Waals surface area contributed by atoms with Crippen LogP contribution in [-0.2, 0) is 12.8 Å². The van der Waals surface area contributed by atoms with Crippen LogP contribution in [0.25, 0.3) is 0 Å². The Bertz CT molecular complexity index is 709. The second-order valence-electron chi connectivity index (χ2n) is 7.67. The van der Waals surface area contributed by atoms with Crippen molar-refractivity contribution in [2.75, 3.05) is 37.5 Å². The Balaban J connectivity index is 1.65. The van der Waals surface area contributed by atoms with Gasteiger partial charge in [-0.1, -0.05) is 37.1 Å². The molecular formula is C23H32N2O. The Kier molecular flexibility index (Phi) is 6.20. The summed E-state index contributed by atoms with van der Waals surface area (Å²) in [6, 6.07) is 16.4. The first-order chi connectivity index (χ1) is 12.6. The minimum absolute atomic E-state index is 0.322. The van der Waals surface area contributed by atoms with Gasteiger partial charge in [0.15, 0.2) is 0 Å². The number of nitrogens with zero attached hydrogens (tertiary/aromatic N) is 2. The van der Waals surface area contributed by atoms with E-state index >= 15 is 0 Å². The first-order valence-corrected chi connectivity index (χ1v) is 9.83. The number of unbranched alkanes of at least 4 members (excludes halogenated alkanes) is 3. The van der Waals surface area contributed by atoms with Crippen molar-refractivity contribution >= 4 is 11.4 Å². The second-order valence-corrected chi connectivity index (χ2v) is 7.67. The van der Waals surface area contributed by atoms with Gasteiger partial charge in [0, 0.05) is 39.1 Å². The molecule has 0 radical (unpaired) electrons. The molecule has 3 rings (SSSR count). The molecule has 0 spiro atoms. The topological polar surface area (TPSA) is 26.7 Å². The summed E-state index contributed by atoms with van der Waals surface area (Å²) in [5, 5.41) is 8.87. The lowest BCUT2D eigenvalue weighted by molar-refractivity contribution is 0.282. The van der Waals surface area contributed by atoms with E-state index in [1.54, 1.807) is 0 Å². The third-order valence-electron chi connectivity index (χ3n) is 5.57. The predicted octanol–water partition coefficient (Wildman–Crippen LogP) is 4.58. The normalized spacial score (nSPS) is 16.0. The summed E-state index contributed by atoms with van der Waals surface area (Å²) in [5.74, 6) is 0. The summed E-state index contributed by atoms with van der Waals surface area (Å²) in [6.07, 6.45) is 6.72. The fourth-order valence-electron chi connectivity index (χ4n) is 3.95. The van der Waals surface area contributed by atoms with Crippen LogP contribution in [0.5, 0.6) is 0 Å². The largest absolute Gasteiger partial charge is 0.396 e. The van der Waals surface area contributed by atoms with E-state index in [2.05, 4.69) is 73.4 Å². The highest BCUT2D eigenvalue weighted by atomic mass is 16.2. The molecule has 1 heterocycles. The van der Waals surface area contributed by atoms with Gasteiger partial charge in [0.2, 0.25) is 0 Å². The van der Waals surface area contributed by atoms with E-state index in [1.165, 1.54) is 40.9 Å². The fraction of sp³-hybridized carbons (Fsp3) is 0.478. The molecule has 26 heavy (non-hydrogen) atoms. The van der Waals surface area contributed by atoms with Crippen LogP contribution in [-0.4, -0.2) is 32.9 Å². The molecule has 1 aliphatic heterocycles. The molecule has 0 bridgehead atoms. The van der Waals surface area contributed by atoms with Crippen LogP contribution in [0, 0.1) is 0 Å². The molecule has 0 amide bonds. The van der Waals surface area contributed by atoms with E-state index in [1.807, 2.05) is 0 Å². The number of fused-ring (bicyclic) bond motifs is 1. The monoisotopic (exact) mass is 352 g/mol. The SMILES string of the molecule is CN(C)c1ccc(C2Cc3cc(CCCCCCO)ccc3N2C)cc1. The van der Waals surface area contributed by atoms with Crippen molar-refractivity contribution < 1.29 is 5.11 Å². The van der Waals surface area contributed by atoms with Crippen molar-refractivity contribution in [1.82, 2.24) is 0 Å². The Morgan fingerprint density at radius 3 is 2.42 bits per heavy atom. The molecule has 1 unspecified atom stereocenters. The smallest absolute Gasteiger partial charge is 0.0580 e. The van der Waals surface area contributed by atoms with Crippen molar-refractivity contribution in [3.05, 3.63) is 59.2 Å². The number of aryl methyl sites for hydroxylation is 1. The first-order valence-electron chi connectivity index (χ1n) is 9.83. The standard InChI is InChI=1S/C23H32N2O/c1-24(2)21-12-10-19(11-13-21)23-17-20-16-18(8-6-4-5-7-15-26)9-14-22(20)25(23)3/h9-14,16,23,26H,4-8,15,17H2,1-3H3.